The first-order valence-corrected chi connectivity index (χ1v) is 12.1. The Morgan fingerprint density at radius 3 is 2.26 bits per heavy atom. The standard InChI is InChI=1S/C29H33ClN2O2/c1-21(2)19-31-29(34)27(17-23-11-5-4-6-12-23)32(20-24-13-9-10-22(3)16-24)28(33)18-25-14-7-8-15-26(25)30/h4-16,21,27H,17-20H2,1-3H3,(H,31,34)/t27-/m0/s1. The van der Waals surface area contributed by atoms with Gasteiger partial charge in [0, 0.05) is 24.5 Å². The Labute approximate surface area is 207 Å². The fourth-order valence-electron chi connectivity index (χ4n) is 3.89. The highest BCUT2D eigenvalue weighted by Gasteiger charge is 2.30. The van der Waals surface area contributed by atoms with Crippen molar-refractivity contribution in [2.24, 2.45) is 5.92 Å². The summed E-state index contributed by atoms with van der Waals surface area (Å²) in [4.78, 5) is 28.9. The number of carbonyl (C=O) groups is 2. The van der Waals surface area contributed by atoms with E-state index in [4.69, 9.17) is 11.6 Å². The molecule has 0 spiro atoms. The van der Waals surface area contributed by atoms with Crippen LogP contribution >= 0.6 is 11.6 Å². The SMILES string of the molecule is Cc1cccc(CN(C(=O)Cc2ccccc2Cl)[C@@H](Cc2ccccc2)C(=O)NCC(C)C)c1. The van der Waals surface area contributed by atoms with Gasteiger partial charge >= 0.3 is 0 Å². The van der Waals surface area contributed by atoms with E-state index in [1.165, 1.54) is 0 Å². The highest BCUT2D eigenvalue weighted by molar-refractivity contribution is 6.31. The van der Waals surface area contributed by atoms with Crippen molar-refractivity contribution >= 4 is 23.4 Å². The second-order valence-electron chi connectivity index (χ2n) is 9.12. The number of halogens is 1. The van der Waals surface area contributed by atoms with Gasteiger partial charge in [-0.1, -0.05) is 104 Å². The Kier molecular flexibility index (Phi) is 9.29. The summed E-state index contributed by atoms with van der Waals surface area (Å²) in [5.74, 6) is 0.0401. The van der Waals surface area contributed by atoms with Crippen LogP contribution in [0.15, 0.2) is 78.9 Å². The maximum absolute atomic E-state index is 13.7. The summed E-state index contributed by atoms with van der Waals surface area (Å²) in [7, 11) is 0. The van der Waals surface area contributed by atoms with Gasteiger partial charge in [0.1, 0.15) is 6.04 Å². The minimum atomic E-state index is -0.642. The van der Waals surface area contributed by atoms with E-state index in [1.54, 1.807) is 11.0 Å². The number of hydrogen-bond donors (Lipinski definition) is 1. The Morgan fingerprint density at radius 1 is 0.912 bits per heavy atom. The maximum Gasteiger partial charge on any atom is 0.243 e. The molecule has 1 N–H and O–H groups in total. The zero-order valence-electron chi connectivity index (χ0n) is 20.1. The normalized spacial score (nSPS) is 11.8. The smallest absolute Gasteiger partial charge is 0.243 e. The van der Waals surface area contributed by atoms with Gasteiger partial charge in [-0.2, -0.15) is 0 Å². The lowest BCUT2D eigenvalue weighted by Gasteiger charge is -2.32. The van der Waals surface area contributed by atoms with Crippen LogP contribution in [0.2, 0.25) is 5.02 Å². The molecule has 0 unspecified atom stereocenters. The van der Waals surface area contributed by atoms with Crippen LogP contribution in [0.4, 0.5) is 0 Å². The monoisotopic (exact) mass is 476 g/mol. The van der Waals surface area contributed by atoms with Gasteiger partial charge in [0.25, 0.3) is 0 Å². The third-order valence-corrected chi connectivity index (χ3v) is 6.06. The van der Waals surface area contributed by atoms with Crippen molar-refractivity contribution in [2.45, 2.75) is 46.2 Å². The Morgan fingerprint density at radius 2 is 1.59 bits per heavy atom. The minimum Gasteiger partial charge on any atom is -0.354 e. The zero-order valence-corrected chi connectivity index (χ0v) is 20.9. The molecule has 3 aromatic carbocycles. The first kappa shape index (κ1) is 25.5. The highest BCUT2D eigenvalue weighted by Crippen LogP contribution is 2.20. The average Bonchev–Trinajstić information content (AvgIpc) is 2.82. The molecular formula is C29H33ClN2O2. The molecule has 0 bridgehead atoms. The summed E-state index contributed by atoms with van der Waals surface area (Å²) >= 11 is 6.36. The molecule has 3 aromatic rings. The van der Waals surface area contributed by atoms with E-state index >= 15 is 0 Å². The highest BCUT2D eigenvalue weighted by atomic mass is 35.5. The van der Waals surface area contributed by atoms with Crippen LogP contribution in [0.3, 0.4) is 0 Å². The Hall–Kier alpha value is -3.11. The van der Waals surface area contributed by atoms with E-state index in [2.05, 4.69) is 25.2 Å². The van der Waals surface area contributed by atoms with Crippen molar-refractivity contribution < 1.29 is 9.59 Å². The van der Waals surface area contributed by atoms with Gasteiger partial charge in [0.15, 0.2) is 0 Å². The molecule has 0 saturated heterocycles. The van der Waals surface area contributed by atoms with E-state index in [-0.39, 0.29) is 18.2 Å². The van der Waals surface area contributed by atoms with E-state index in [9.17, 15) is 9.59 Å². The Balaban J connectivity index is 1.97. The number of benzene rings is 3. The molecular weight excluding hydrogens is 444 g/mol. The molecule has 0 fully saturated rings. The molecule has 178 valence electrons. The number of nitrogens with zero attached hydrogens (tertiary/aromatic N) is 1. The second-order valence-corrected chi connectivity index (χ2v) is 9.53. The van der Waals surface area contributed by atoms with Crippen LogP contribution in [0.1, 0.15) is 36.1 Å². The van der Waals surface area contributed by atoms with E-state index in [0.717, 1.165) is 22.3 Å². The van der Waals surface area contributed by atoms with Crippen molar-refractivity contribution in [1.82, 2.24) is 10.2 Å². The molecule has 5 heteroatoms. The van der Waals surface area contributed by atoms with Gasteiger partial charge in [-0.3, -0.25) is 9.59 Å². The summed E-state index contributed by atoms with van der Waals surface area (Å²) in [5.41, 5.74) is 3.86. The predicted octanol–water partition coefficient (Wildman–Crippen LogP) is 5.60. The molecule has 0 aromatic heterocycles. The number of nitrogens with one attached hydrogen (secondary N) is 1. The van der Waals surface area contributed by atoms with Gasteiger partial charge in [-0.25, -0.2) is 0 Å². The third-order valence-electron chi connectivity index (χ3n) is 5.69. The molecule has 1 atom stereocenters. The van der Waals surface area contributed by atoms with E-state index in [1.807, 2.05) is 73.7 Å². The topological polar surface area (TPSA) is 49.4 Å². The molecule has 4 nitrogen and oxygen atoms in total. The predicted molar refractivity (Wildman–Crippen MR) is 139 cm³/mol. The maximum atomic E-state index is 13.7. The van der Waals surface area contributed by atoms with Crippen molar-refractivity contribution in [3.05, 3.63) is 106 Å². The first-order chi connectivity index (χ1) is 16.3. The first-order valence-electron chi connectivity index (χ1n) is 11.7. The third kappa shape index (κ3) is 7.46. The summed E-state index contributed by atoms with van der Waals surface area (Å²) in [6, 6.07) is 24.6. The lowest BCUT2D eigenvalue weighted by molar-refractivity contribution is -0.140. The Bertz CT molecular complexity index is 1100. The number of rotatable bonds is 10. The summed E-state index contributed by atoms with van der Waals surface area (Å²) < 4.78 is 0. The molecule has 0 aliphatic rings. The molecule has 0 saturated carbocycles. The number of amides is 2. The van der Waals surface area contributed by atoms with Gasteiger partial charge in [0.2, 0.25) is 11.8 Å². The largest absolute Gasteiger partial charge is 0.354 e. The summed E-state index contributed by atoms with van der Waals surface area (Å²) in [5, 5.41) is 3.60. The van der Waals surface area contributed by atoms with Crippen LogP contribution in [0.5, 0.6) is 0 Å². The van der Waals surface area contributed by atoms with Gasteiger partial charge in [0.05, 0.1) is 6.42 Å². The zero-order chi connectivity index (χ0) is 24.5. The van der Waals surface area contributed by atoms with Crippen molar-refractivity contribution in [3.63, 3.8) is 0 Å². The van der Waals surface area contributed by atoms with E-state index < -0.39 is 6.04 Å². The molecule has 34 heavy (non-hydrogen) atoms. The van der Waals surface area contributed by atoms with E-state index in [0.29, 0.717) is 30.5 Å². The molecule has 3 rings (SSSR count). The van der Waals surface area contributed by atoms with Crippen LogP contribution in [0.25, 0.3) is 0 Å². The number of carbonyl (C=O) groups excluding carboxylic acids is 2. The van der Waals surface area contributed by atoms with Crippen LogP contribution < -0.4 is 5.32 Å². The van der Waals surface area contributed by atoms with Gasteiger partial charge in [-0.15, -0.1) is 0 Å². The van der Waals surface area contributed by atoms with Crippen LogP contribution in [0, 0.1) is 12.8 Å². The quantitative estimate of drug-likeness (QED) is 0.414. The average molecular weight is 477 g/mol. The molecule has 0 aliphatic carbocycles. The molecule has 0 heterocycles. The van der Waals surface area contributed by atoms with Crippen molar-refractivity contribution in [1.29, 1.82) is 0 Å². The van der Waals surface area contributed by atoms with Crippen LogP contribution in [-0.4, -0.2) is 29.3 Å². The van der Waals surface area contributed by atoms with Crippen LogP contribution in [-0.2, 0) is 29.0 Å². The lowest BCUT2D eigenvalue weighted by atomic mass is 10.0. The van der Waals surface area contributed by atoms with Crippen molar-refractivity contribution in [3.8, 4) is 0 Å². The molecule has 0 radical (unpaired) electrons. The molecule has 0 aliphatic heterocycles. The number of aryl methyl sites for hydroxylation is 1. The summed E-state index contributed by atoms with van der Waals surface area (Å²) in [6.45, 7) is 7.04. The minimum absolute atomic E-state index is 0.129. The summed E-state index contributed by atoms with van der Waals surface area (Å²) in [6.07, 6.45) is 0.569. The lowest BCUT2D eigenvalue weighted by Crippen LogP contribution is -2.51. The second kappa shape index (κ2) is 12.4. The van der Waals surface area contributed by atoms with Gasteiger partial charge in [-0.05, 0) is 35.6 Å². The molecule has 2 amide bonds. The van der Waals surface area contributed by atoms with Crippen molar-refractivity contribution in [2.75, 3.05) is 6.54 Å². The number of hydrogen-bond acceptors (Lipinski definition) is 2. The van der Waals surface area contributed by atoms with Gasteiger partial charge < -0.3 is 10.2 Å². The fourth-order valence-corrected chi connectivity index (χ4v) is 4.09. The fraction of sp³-hybridized carbons (Fsp3) is 0.310.